The zero-order valence-electron chi connectivity index (χ0n) is 20.0. The molecule has 2 aliphatic carbocycles. The molecule has 1 aliphatic heterocycles. The van der Waals surface area contributed by atoms with Gasteiger partial charge in [-0.15, -0.1) is 0 Å². The molecule has 2 saturated carbocycles. The normalized spacial score (nSPS) is 24.7. The van der Waals surface area contributed by atoms with E-state index in [0.29, 0.717) is 25.7 Å². The number of halogens is 1. The molecule has 1 heterocycles. The smallest absolute Gasteiger partial charge is 0.243 e. The molecule has 1 saturated heterocycles. The van der Waals surface area contributed by atoms with Crippen LogP contribution < -0.4 is 11.1 Å². The third-order valence-corrected chi connectivity index (χ3v) is 11.0. The van der Waals surface area contributed by atoms with Crippen molar-refractivity contribution in [3.05, 3.63) is 64.7 Å². The van der Waals surface area contributed by atoms with Gasteiger partial charge in [-0.2, -0.15) is 12.6 Å². The van der Waals surface area contributed by atoms with Gasteiger partial charge < -0.3 is 16.0 Å². The molecule has 0 bridgehead atoms. The van der Waals surface area contributed by atoms with Crippen LogP contribution in [0, 0.1) is 6.92 Å². The Kier molecular flexibility index (Phi) is 6.42. The summed E-state index contributed by atoms with van der Waals surface area (Å²) in [6.07, 6.45) is 2.70. The number of rotatable bonds is 7. The van der Waals surface area contributed by atoms with Gasteiger partial charge in [0.25, 0.3) is 0 Å². The summed E-state index contributed by atoms with van der Waals surface area (Å²) in [6, 6.07) is 13.2. The third-order valence-electron chi connectivity index (χ3n) is 7.90. The van der Waals surface area contributed by atoms with Crippen molar-refractivity contribution in [2.24, 2.45) is 5.73 Å². The Morgan fingerprint density at radius 3 is 2.31 bits per heavy atom. The summed E-state index contributed by atoms with van der Waals surface area (Å²) < 4.78 is 27.2. The summed E-state index contributed by atoms with van der Waals surface area (Å²) in [6.45, 7) is 1.91. The number of carbonyl (C=O) groups is 2. The Balaban J connectivity index is 1.47. The standard InChI is InChI=1S/C26H30ClN3O4S2/c1-16-6-8-17(9-7-16)25(10-11-25)24(32)30-15-18(36(33,34)21-5-3-2-4-19(21)27)14-20(30)22(31)29-26(12-13-26)23(28)35/h2-9,18,20,23,35H,10-15,28H2,1H3,(H,29,31)/t18-,20+,23?/m1/s1. The Bertz CT molecular complexity index is 1300. The Morgan fingerprint density at radius 1 is 1.11 bits per heavy atom. The molecule has 0 aromatic heterocycles. The van der Waals surface area contributed by atoms with E-state index in [-0.39, 0.29) is 34.7 Å². The number of carbonyl (C=O) groups excluding carboxylic acids is 2. The van der Waals surface area contributed by atoms with E-state index >= 15 is 0 Å². The lowest BCUT2D eigenvalue weighted by atomic mass is 9.93. The fourth-order valence-corrected chi connectivity index (χ4v) is 7.75. The molecule has 5 rings (SSSR count). The lowest BCUT2D eigenvalue weighted by Gasteiger charge is -2.30. The second-order valence-electron chi connectivity index (χ2n) is 10.3. The van der Waals surface area contributed by atoms with Gasteiger partial charge in [0.1, 0.15) is 6.04 Å². The van der Waals surface area contributed by atoms with Crippen molar-refractivity contribution in [2.45, 2.75) is 71.5 Å². The Hall–Kier alpha value is -2.07. The van der Waals surface area contributed by atoms with Crippen LogP contribution in [0.1, 0.15) is 43.2 Å². The lowest BCUT2D eigenvalue weighted by Crippen LogP contribution is -2.55. The minimum absolute atomic E-state index is 0.00695. The van der Waals surface area contributed by atoms with E-state index in [1.54, 1.807) is 12.1 Å². The summed E-state index contributed by atoms with van der Waals surface area (Å²) in [4.78, 5) is 29.0. The monoisotopic (exact) mass is 547 g/mol. The maximum Gasteiger partial charge on any atom is 0.243 e. The first kappa shape index (κ1) is 25.6. The number of nitrogens with one attached hydrogen (secondary N) is 1. The maximum absolute atomic E-state index is 14.0. The number of sulfone groups is 1. The molecule has 3 aliphatic rings. The number of nitrogens with zero attached hydrogens (tertiary/aromatic N) is 1. The summed E-state index contributed by atoms with van der Waals surface area (Å²) >= 11 is 10.6. The van der Waals surface area contributed by atoms with Crippen LogP contribution in [0.2, 0.25) is 5.02 Å². The van der Waals surface area contributed by atoms with E-state index in [1.165, 1.54) is 17.0 Å². The summed E-state index contributed by atoms with van der Waals surface area (Å²) in [5, 5.41) is 1.61. The highest BCUT2D eigenvalue weighted by molar-refractivity contribution is 7.92. The van der Waals surface area contributed by atoms with Crippen LogP contribution in [0.3, 0.4) is 0 Å². The minimum atomic E-state index is -3.89. The summed E-state index contributed by atoms with van der Waals surface area (Å²) in [7, 11) is -3.89. The van der Waals surface area contributed by atoms with Crippen LogP contribution in [0.25, 0.3) is 0 Å². The van der Waals surface area contributed by atoms with E-state index in [9.17, 15) is 18.0 Å². The lowest BCUT2D eigenvalue weighted by molar-refractivity contribution is -0.140. The van der Waals surface area contributed by atoms with Crippen molar-refractivity contribution in [1.82, 2.24) is 10.2 Å². The van der Waals surface area contributed by atoms with E-state index in [1.807, 2.05) is 31.2 Å². The molecular formula is C26H30ClN3O4S2. The van der Waals surface area contributed by atoms with Crippen molar-refractivity contribution in [1.29, 1.82) is 0 Å². The molecule has 2 amide bonds. The van der Waals surface area contributed by atoms with Crippen LogP contribution in [0.5, 0.6) is 0 Å². The average Bonchev–Trinajstić information content (AvgIpc) is 3.76. The van der Waals surface area contributed by atoms with Crippen molar-refractivity contribution in [3.8, 4) is 0 Å². The largest absolute Gasteiger partial charge is 0.346 e. The van der Waals surface area contributed by atoms with Gasteiger partial charge >= 0.3 is 0 Å². The zero-order valence-corrected chi connectivity index (χ0v) is 22.5. The van der Waals surface area contributed by atoms with Gasteiger partial charge in [-0.05, 0) is 56.7 Å². The number of aryl methyl sites for hydroxylation is 1. The van der Waals surface area contributed by atoms with Crippen molar-refractivity contribution in [2.75, 3.05) is 6.54 Å². The fourth-order valence-electron chi connectivity index (χ4n) is 5.21. The first-order valence-corrected chi connectivity index (χ1v) is 14.6. The van der Waals surface area contributed by atoms with Gasteiger partial charge in [0.15, 0.2) is 9.84 Å². The number of hydrogen-bond donors (Lipinski definition) is 3. The van der Waals surface area contributed by atoms with E-state index in [2.05, 4.69) is 17.9 Å². The highest BCUT2D eigenvalue weighted by Crippen LogP contribution is 2.51. The predicted molar refractivity (Wildman–Crippen MR) is 142 cm³/mol. The SMILES string of the molecule is Cc1ccc(C2(C(=O)N3C[C@H](S(=O)(=O)c4ccccc4Cl)C[C@H]3C(=O)NC3(C(N)S)CC3)CC2)cc1. The first-order chi connectivity index (χ1) is 17.0. The fraction of sp³-hybridized carbons (Fsp3) is 0.462. The van der Waals surface area contributed by atoms with Gasteiger partial charge in [-0.3, -0.25) is 9.59 Å². The number of thiol groups is 1. The Morgan fingerprint density at radius 2 is 1.75 bits per heavy atom. The molecule has 192 valence electrons. The van der Waals surface area contributed by atoms with E-state index < -0.39 is 37.5 Å². The molecule has 2 aromatic rings. The Labute approximate surface area is 222 Å². The molecule has 10 heteroatoms. The predicted octanol–water partition coefficient (Wildman–Crippen LogP) is 2.99. The van der Waals surface area contributed by atoms with E-state index in [4.69, 9.17) is 17.3 Å². The molecule has 3 fully saturated rings. The summed E-state index contributed by atoms with van der Waals surface area (Å²) in [5.41, 5.74) is 6.62. The van der Waals surface area contributed by atoms with Gasteiger partial charge in [0.2, 0.25) is 11.8 Å². The van der Waals surface area contributed by atoms with Gasteiger partial charge in [0.05, 0.1) is 31.5 Å². The molecule has 3 N–H and O–H groups in total. The van der Waals surface area contributed by atoms with Gasteiger partial charge in [-0.25, -0.2) is 8.42 Å². The van der Waals surface area contributed by atoms with Crippen LogP contribution in [0.4, 0.5) is 0 Å². The van der Waals surface area contributed by atoms with Crippen LogP contribution in [-0.4, -0.2) is 53.9 Å². The van der Waals surface area contributed by atoms with Crippen molar-refractivity contribution in [3.63, 3.8) is 0 Å². The zero-order chi connectivity index (χ0) is 25.9. The molecule has 3 atom stereocenters. The highest BCUT2D eigenvalue weighted by atomic mass is 35.5. The molecule has 1 unspecified atom stereocenters. The van der Waals surface area contributed by atoms with Crippen LogP contribution >= 0.6 is 24.2 Å². The molecule has 0 spiro atoms. The van der Waals surface area contributed by atoms with E-state index in [0.717, 1.165) is 11.1 Å². The second-order valence-corrected chi connectivity index (χ2v) is 13.5. The van der Waals surface area contributed by atoms with Crippen LogP contribution in [-0.2, 0) is 24.8 Å². The maximum atomic E-state index is 14.0. The quantitative estimate of drug-likeness (QED) is 0.365. The first-order valence-electron chi connectivity index (χ1n) is 12.1. The minimum Gasteiger partial charge on any atom is -0.346 e. The number of amides is 2. The molecule has 36 heavy (non-hydrogen) atoms. The molecule has 0 radical (unpaired) electrons. The third kappa shape index (κ3) is 4.34. The number of nitrogens with two attached hydrogens (primary N) is 1. The molecule has 7 nitrogen and oxygen atoms in total. The number of benzene rings is 2. The average molecular weight is 548 g/mol. The topological polar surface area (TPSA) is 110 Å². The summed E-state index contributed by atoms with van der Waals surface area (Å²) in [5.74, 6) is -0.592. The van der Waals surface area contributed by atoms with Crippen molar-refractivity contribution >= 4 is 45.9 Å². The number of likely N-dealkylation sites (tertiary alicyclic amines) is 1. The van der Waals surface area contributed by atoms with Gasteiger partial charge in [0, 0.05) is 6.54 Å². The molecular weight excluding hydrogens is 518 g/mol. The van der Waals surface area contributed by atoms with Crippen LogP contribution in [0.15, 0.2) is 53.4 Å². The molecule has 2 aromatic carbocycles. The second kappa shape index (κ2) is 9.04. The number of hydrogen-bond acceptors (Lipinski definition) is 6. The van der Waals surface area contributed by atoms with Crippen molar-refractivity contribution < 1.29 is 18.0 Å². The highest BCUT2D eigenvalue weighted by Gasteiger charge is 2.58. The van der Waals surface area contributed by atoms with Gasteiger partial charge in [-0.1, -0.05) is 53.6 Å².